The van der Waals surface area contributed by atoms with Crippen molar-refractivity contribution in [1.29, 1.82) is 5.26 Å². The first-order chi connectivity index (χ1) is 9.72. The van der Waals surface area contributed by atoms with E-state index in [-0.39, 0.29) is 5.78 Å². The Morgan fingerprint density at radius 3 is 2.90 bits per heavy atom. The van der Waals surface area contributed by atoms with Gasteiger partial charge in [0.1, 0.15) is 11.6 Å². The quantitative estimate of drug-likeness (QED) is 0.778. The molecule has 2 heterocycles. The van der Waals surface area contributed by atoms with Crippen LogP contribution in [0.2, 0.25) is 0 Å². The first kappa shape index (κ1) is 11.7. The van der Waals surface area contributed by atoms with Crippen LogP contribution in [0, 0.1) is 16.7 Å². The van der Waals surface area contributed by atoms with Crippen LogP contribution in [0.3, 0.4) is 0 Å². The van der Waals surface area contributed by atoms with Crippen molar-refractivity contribution >= 4 is 11.5 Å². The Balaban J connectivity index is 1.84. The maximum absolute atomic E-state index is 12.2. The van der Waals surface area contributed by atoms with Crippen molar-refractivity contribution in [2.24, 2.45) is 5.41 Å². The number of nitriles is 1. The van der Waals surface area contributed by atoms with Crippen LogP contribution in [-0.4, -0.2) is 28.8 Å². The molecular formula is C16H15N3O. The van der Waals surface area contributed by atoms with E-state index >= 15 is 0 Å². The zero-order valence-electron chi connectivity index (χ0n) is 11.2. The minimum atomic E-state index is -0.0697. The number of hydrogen-bond acceptors (Lipinski definition) is 4. The summed E-state index contributed by atoms with van der Waals surface area (Å²) in [6, 6.07) is 4.07. The van der Waals surface area contributed by atoms with E-state index in [0.29, 0.717) is 17.4 Å². The fourth-order valence-electron chi connectivity index (χ4n) is 3.48. The van der Waals surface area contributed by atoms with Gasteiger partial charge in [0.25, 0.3) is 0 Å². The van der Waals surface area contributed by atoms with Gasteiger partial charge in [-0.15, -0.1) is 0 Å². The number of aromatic nitrogens is 1. The van der Waals surface area contributed by atoms with Crippen LogP contribution in [0.5, 0.6) is 0 Å². The molecule has 0 bridgehead atoms. The van der Waals surface area contributed by atoms with E-state index in [9.17, 15) is 10.1 Å². The first-order valence-corrected chi connectivity index (χ1v) is 7.08. The zero-order chi connectivity index (χ0) is 13.7. The molecular weight excluding hydrogens is 250 g/mol. The van der Waals surface area contributed by atoms with Gasteiger partial charge in [-0.25, -0.2) is 0 Å². The standard InChI is InChI=1S/C16H15N3O/c17-8-13-14(20)7-11-9-18-5-1-12(11)15(13)19-6-4-16(10-19)2-3-16/h1,5,9H,2-4,6-7,10H2. The molecule has 20 heavy (non-hydrogen) atoms. The van der Waals surface area contributed by atoms with E-state index in [1.54, 1.807) is 12.4 Å². The maximum Gasteiger partial charge on any atom is 0.179 e. The molecule has 0 unspecified atom stereocenters. The van der Waals surface area contributed by atoms with E-state index in [0.717, 1.165) is 29.9 Å². The van der Waals surface area contributed by atoms with Crippen LogP contribution in [0.15, 0.2) is 24.0 Å². The van der Waals surface area contributed by atoms with Gasteiger partial charge in [-0.2, -0.15) is 5.26 Å². The van der Waals surface area contributed by atoms with Crippen molar-refractivity contribution in [3.05, 3.63) is 35.2 Å². The molecule has 1 spiro atoms. The van der Waals surface area contributed by atoms with Gasteiger partial charge in [0, 0.05) is 37.5 Å². The highest BCUT2D eigenvalue weighted by atomic mass is 16.1. The topological polar surface area (TPSA) is 57.0 Å². The van der Waals surface area contributed by atoms with E-state index < -0.39 is 0 Å². The molecule has 0 amide bonds. The normalized spacial score (nSPS) is 22.9. The van der Waals surface area contributed by atoms with Gasteiger partial charge in [-0.1, -0.05) is 0 Å². The van der Waals surface area contributed by atoms with Crippen molar-refractivity contribution in [3.63, 3.8) is 0 Å². The highest BCUT2D eigenvalue weighted by Gasteiger charge is 2.49. The largest absolute Gasteiger partial charge is 0.369 e. The summed E-state index contributed by atoms with van der Waals surface area (Å²) in [4.78, 5) is 18.6. The number of ketones is 1. The highest BCUT2D eigenvalue weighted by Crippen LogP contribution is 2.54. The average molecular weight is 265 g/mol. The van der Waals surface area contributed by atoms with Crippen molar-refractivity contribution in [1.82, 2.24) is 9.88 Å². The fraction of sp³-hybridized carbons (Fsp3) is 0.438. The second-order valence-corrected chi connectivity index (χ2v) is 6.14. The molecule has 1 aromatic rings. The lowest BCUT2D eigenvalue weighted by Crippen LogP contribution is -2.27. The lowest BCUT2D eigenvalue weighted by molar-refractivity contribution is -0.114. The van der Waals surface area contributed by atoms with Crippen molar-refractivity contribution in [2.45, 2.75) is 25.7 Å². The number of likely N-dealkylation sites (tertiary alicyclic amines) is 1. The van der Waals surface area contributed by atoms with Crippen LogP contribution in [0.1, 0.15) is 30.4 Å². The number of pyridine rings is 1. The number of carbonyl (C=O) groups excluding carboxylic acids is 1. The van der Waals surface area contributed by atoms with Crippen LogP contribution >= 0.6 is 0 Å². The first-order valence-electron chi connectivity index (χ1n) is 7.08. The summed E-state index contributed by atoms with van der Waals surface area (Å²) in [5.74, 6) is -0.0697. The number of allylic oxidation sites excluding steroid dienone is 1. The van der Waals surface area contributed by atoms with Gasteiger partial charge in [0.15, 0.2) is 5.78 Å². The molecule has 1 saturated carbocycles. The molecule has 0 atom stereocenters. The van der Waals surface area contributed by atoms with Gasteiger partial charge >= 0.3 is 0 Å². The summed E-state index contributed by atoms with van der Waals surface area (Å²) in [6.45, 7) is 1.94. The Morgan fingerprint density at radius 2 is 2.20 bits per heavy atom. The number of Topliss-reactive ketones (excluding diaryl/α,β-unsaturated/α-hetero) is 1. The molecule has 0 N–H and O–H groups in total. The molecule has 4 heteroatoms. The van der Waals surface area contributed by atoms with Crippen LogP contribution in [0.4, 0.5) is 0 Å². The Labute approximate surface area is 117 Å². The Kier molecular flexibility index (Phi) is 2.29. The van der Waals surface area contributed by atoms with Gasteiger partial charge < -0.3 is 4.90 Å². The van der Waals surface area contributed by atoms with Gasteiger partial charge in [-0.05, 0) is 36.3 Å². The van der Waals surface area contributed by atoms with E-state index in [1.165, 1.54) is 19.3 Å². The minimum Gasteiger partial charge on any atom is -0.369 e. The smallest absolute Gasteiger partial charge is 0.179 e. The number of fused-ring (bicyclic) bond motifs is 1. The predicted octanol–water partition coefficient (Wildman–Crippen LogP) is 1.93. The summed E-state index contributed by atoms with van der Waals surface area (Å²) < 4.78 is 0. The lowest BCUT2D eigenvalue weighted by atomic mass is 9.89. The molecule has 4 nitrogen and oxygen atoms in total. The molecule has 4 rings (SSSR count). The van der Waals surface area contributed by atoms with Crippen molar-refractivity contribution in [3.8, 4) is 6.07 Å². The maximum atomic E-state index is 12.2. The van der Waals surface area contributed by atoms with Gasteiger partial charge in [0.2, 0.25) is 0 Å². The van der Waals surface area contributed by atoms with Gasteiger partial charge in [-0.3, -0.25) is 9.78 Å². The van der Waals surface area contributed by atoms with E-state index in [1.807, 2.05) is 6.07 Å². The zero-order valence-corrected chi connectivity index (χ0v) is 11.2. The number of hydrogen-bond donors (Lipinski definition) is 0. The highest BCUT2D eigenvalue weighted by molar-refractivity contribution is 6.09. The molecule has 0 radical (unpaired) electrons. The molecule has 3 aliphatic rings. The summed E-state index contributed by atoms with van der Waals surface area (Å²) in [5, 5.41) is 9.39. The fourth-order valence-corrected chi connectivity index (χ4v) is 3.48. The number of nitrogens with zero attached hydrogens (tertiary/aromatic N) is 3. The van der Waals surface area contributed by atoms with Crippen LogP contribution in [-0.2, 0) is 11.2 Å². The predicted molar refractivity (Wildman–Crippen MR) is 73.3 cm³/mol. The van der Waals surface area contributed by atoms with Crippen molar-refractivity contribution < 1.29 is 4.79 Å². The molecule has 1 aromatic heterocycles. The Morgan fingerprint density at radius 1 is 1.35 bits per heavy atom. The summed E-state index contributed by atoms with van der Waals surface area (Å²) in [7, 11) is 0. The third-order valence-electron chi connectivity index (χ3n) is 4.85. The molecule has 0 aromatic carbocycles. The number of carbonyl (C=O) groups is 1. The minimum absolute atomic E-state index is 0.0697. The molecule has 100 valence electrons. The number of rotatable bonds is 1. The molecule has 2 fully saturated rings. The Hall–Kier alpha value is -2.15. The van der Waals surface area contributed by atoms with E-state index in [4.69, 9.17) is 0 Å². The van der Waals surface area contributed by atoms with Crippen LogP contribution < -0.4 is 0 Å². The summed E-state index contributed by atoms with van der Waals surface area (Å²) in [5.41, 5.74) is 3.63. The second kappa shape index (κ2) is 3.92. The second-order valence-electron chi connectivity index (χ2n) is 6.14. The summed E-state index contributed by atoms with van der Waals surface area (Å²) >= 11 is 0. The van der Waals surface area contributed by atoms with E-state index in [2.05, 4.69) is 16.0 Å². The molecule has 1 saturated heterocycles. The Bertz CT molecular complexity index is 679. The monoisotopic (exact) mass is 265 g/mol. The van der Waals surface area contributed by atoms with Crippen LogP contribution in [0.25, 0.3) is 5.70 Å². The average Bonchev–Trinajstić information content (AvgIpc) is 3.08. The summed E-state index contributed by atoms with van der Waals surface area (Å²) in [6.07, 6.45) is 7.56. The lowest BCUT2D eigenvalue weighted by Gasteiger charge is -2.28. The SMILES string of the molecule is N#CC1=C(N2CCC3(CC3)C2)c2ccncc2CC1=O. The molecule has 1 aliphatic heterocycles. The third kappa shape index (κ3) is 1.59. The van der Waals surface area contributed by atoms with Gasteiger partial charge in [0.05, 0.1) is 5.70 Å². The third-order valence-corrected chi connectivity index (χ3v) is 4.85. The van der Waals surface area contributed by atoms with Crippen molar-refractivity contribution in [2.75, 3.05) is 13.1 Å². The molecule has 2 aliphatic carbocycles.